The molecule has 0 heterocycles. The van der Waals surface area contributed by atoms with Gasteiger partial charge in [0, 0.05) is 18.5 Å². The molecule has 4 N–H and O–H groups in total. The summed E-state index contributed by atoms with van der Waals surface area (Å²) in [5.41, 5.74) is -0.817. The summed E-state index contributed by atoms with van der Waals surface area (Å²) in [6.07, 6.45) is 1.47. The van der Waals surface area contributed by atoms with Crippen LogP contribution in [0.2, 0.25) is 0 Å². The molecule has 0 bridgehead atoms. The van der Waals surface area contributed by atoms with Crippen molar-refractivity contribution in [3.63, 3.8) is 0 Å². The molecule has 284 valence electrons. The zero-order valence-corrected chi connectivity index (χ0v) is 29.0. The van der Waals surface area contributed by atoms with Gasteiger partial charge in [0.05, 0.1) is 59.3 Å². The Kier molecular flexibility index (Phi) is 21.5. The zero-order valence-electron chi connectivity index (χ0n) is 29.0. The fourth-order valence-electron chi connectivity index (χ4n) is 3.82. The van der Waals surface area contributed by atoms with Crippen LogP contribution in [0.1, 0.15) is 58.9 Å². The van der Waals surface area contributed by atoms with Crippen LogP contribution in [0.4, 0.5) is 17.6 Å². The van der Waals surface area contributed by atoms with Crippen LogP contribution in [0.3, 0.4) is 0 Å². The van der Waals surface area contributed by atoms with E-state index < -0.39 is 82.8 Å². The van der Waals surface area contributed by atoms with Gasteiger partial charge in [-0.3, -0.25) is 24.0 Å². The number of halogens is 4. The topological polar surface area (TPSA) is 180 Å². The number of nitrogens with one attached hydrogen (secondary N) is 4. The predicted octanol–water partition coefficient (Wildman–Crippen LogP) is 1.73. The Labute approximate surface area is 288 Å². The Hall–Kier alpha value is -3.87. The molecule has 0 aromatic heterocycles. The van der Waals surface area contributed by atoms with Crippen LogP contribution < -0.4 is 26.0 Å². The number of amides is 4. The van der Waals surface area contributed by atoms with Crippen molar-refractivity contribution in [1.82, 2.24) is 21.3 Å². The molecule has 3 atom stereocenters. The first-order valence-electron chi connectivity index (χ1n) is 16.2. The van der Waals surface area contributed by atoms with Gasteiger partial charge in [-0.05, 0) is 34.1 Å². The van der Waals surface area contributed by atoms with Gasteiger partial charge in [-0.1, -0.05) is 13.3 Å². The Balaban J connectivity index is 2.05. The molecule has 18 heteroatoms. The van der Waals surface area contributed by atoms with Gasteiger partial charge < -0.3 is 45.0 Å². The molecule has 1 aromatic rings. The molecule has 4 amide bonds. The molecule has 0 aliphatic heterocycles. The van der Waals surface area contributed by atoms with Crippen LogP contribution in [0.15, 0.2) is 0 Å². The summed E-state index contributed by atoms with van der Waals surface area (Å²) in [7, 11) is 0. The number of esters is 1. The van der Waals surface area contributed by atoms with Crippen LogP contribution in [0.25, 0.3) is 0 Å². The van der Waals surface area contributed by atoms with Gasteiger partial charge in [0.1, 0.15) is 18.1 Å². The van der Waals surface area contributed by atoms with Crippen LogP contribution in [-0.4, -0.2) is 107 Å². The van der Waals surface area contributed by atoms with Crippen molar-refractivity contribution in [3.05, 3.63) is 28.8 Å². The summed E-state index contributed by atoms with van der Waals surface area (Å²) in [6, 6.07) is -2.63. The third-order valence-corrected chi connectivity index (χ3v) is 6.80. The smallest absolute Gasteiger partial charge is 0.313 e. The number of ether oxygens (including phenoxy) is 5. The zero-order chi connectivity index (χ0) is 37.6. The lowest BCUT2D eigenvalue weighted by atomic mass is 10.2. The van der Waals surface area contributed by atoms with Crippen LogP contribution in [-0.2, 0) is 42.9 Å². The van der Waals surface area contributed by atoms with Crippen LogP contribution in [0.5, 0.6) is 5.75 Å². The van der Waals surface area contributed by atoms with Gasteiger partial charge >= 0.3 is 5.97 Å². The number of benzene rings is 1. The Morgan fingerprint density at radius 2 is 1.08 bits per heavy atom. The normalized spacial score (nSPS) is 12.8. The maximum atomic E-state index is 13.9. The summed E-state index contributed by atoms with van der Waals surface area (Å²) in [5.74, 6) is -11.3. The van der Waals surface area contributed by atoms with Crippen molar-refractivity contribution in [1.29, 1.82) is 0 Å². The average Bonchev–Trinajstić information content (AvgIpc) is 3.08. The highest BCUT2D eigenvalue weighted by molar-refractivity contribution is 5.93. The fourth-order valence-corrected chi connectivity index (χ4v) is 3.82. The Bertz CT molecular complexity index is 1240. The van der Waals surface area contributed by atoms with Crippen LogP contribution in [0, 0.1) is 30.2 Å². The van der Waals surface area contributed by atoms with E-state index in [4.69, 9.17) is 18.9 Å². The van der Waals surface area contributed by atoms with Gasteiger partial charge in [0.25, 0.3) is 0 Å². The van der Waals surface area contributed by atoms with E-state index in [1.807, 2.05) is 6.92 Å². The second kappa shape index (κ2) is 24.3. The molecule has 0 aliphatic rings. The molecule has 1 aromatic carbocycles. The minimum absolute atomic E-state index is 0.0897. The molecular weight excluding hydrogens is 676 g/mol. The maximum Gasteiger partial charge on any atom is 0.313 e. The molecule has 0 saturated carbocycles. The van der Waals surface area contributed by atoms with Crippen molar-refractivity contribution in [2.45, 2.75) is 78.4 Å². The lowest BCUT2D eigenvalue weighted by Crippen LogP contribution is -2.54. The molecule has 14 nitrogen and oxygen atoms in total. The number of carbonyl (C=O) groups is 5. The standard InChI is InChI=1S/C32H48F4N4O10/c1-6-7-8-23(41)38-21(4)31(44)40-22(5)32(45)39-20(3)30(43)37-10-12-47-14-16-49-18-17-48-15-13-46-11-9-24(42)50-29-26(34)19(2)25(33)27(35)28(29)36/h20-22H,6-18H2,1-5H3,(H,37,43)(H,38,41)(H,39,45)(H,40,44)/t20-,21-,22-/m0/s1. The molecule has 50 heavy (non-hydrogen) atoms. The largest absolute Gasteiger partial charge is 0.420 e. The molecule has 0 unspecified atom stereocenters. The third-order valence-electron chi connectivity index (χ3n) is 6.80. The minimum Gasteiger partial charge on any atom is -0.420 e. The van der Waals surface area contributed by atoms with Gasteiger partial charge in [0.15, 0.2) is 17.5 Å². The van der Waals surface area contributed by atoms with Gasteiger partial charge in [-0.25, -0.2) is 13.2 Å². The lowest BCUT2D eigenvalue weighted by molar-refractivity contribution is -0.136. The van der Waals surface area contributed by atoms with E-state index in [1.165, 1.54) is 20.8 Å². The first-order chi connectivity index (χ1) is 23.7. The van der Waals surface area contributed by atoms with Gasteiger partial charge in [0.2, 0.25) is 35.2 Å². The number of carbonyl (C=O) groups excluding carboxylic acids is 5. The minimum atomic E-state index is -1.94. The first kappa shape index (κ1) is 44.2. The van der Waals surface area contributed by atoms with E-state index in [9.17, 15) is 41.5 Å². The SMILES string of the molecule is CCCCC(=O)N[C@@H](C)C(=O)N[C@@H](C)C(=O)N[C@@H](C)C(=O)NCCOCCOCCOCCOCCC(=O)Oc1c(F)c(C)c(F)c(F)c1F. The van der Waals surface area contributed by atoms with E-state index in [1.54, 1.807) is 0 Å². The van der Waals surface area contributed by atoms with Crippen molar-refractivity contribution in [3.8, 4) is 5.75 Å². The van der Waals surface area contributed by atoms with E-state index in [0.717, 1.165) is 13.3 Å². The van der Waals surface area contributed by atoms with E-state index in [0.29, 0.717) is 12.8 Å². The summed E-state index contributed by atoms with van der Waals surface area (Å²) < 4.78 is 80.1. The Morgan fingerprint density at radius 1 is 0.600 bits per heavy atom. The second-order valence-electron chi connectivity index (χ2n) is 11.0. The Morgan fingerprint density at radius 3 is 1.62 bits per heavy atom. The lowest BCUT2D eigenvalue weighted by Gasteiger charge is -2.20. The molecule has 0 aliphatic carbocycles. The van der Waals surface area contributed by atoms with E-state index >= 15 is 0 Å². The van der Waals surface area contributed by atoms with E-state index in [-0.39, 0.29) is 65.3 Å². The van der Waals surface area contributed by atoms with Crippen molar-refractivity contribution >= 4 is 29.6 Å². The summed E-state index contributed by atoms with van der Waals surface area (Å²) in [5, 5.41) is 10.2. The summed E-state index contributed by atoms with van der Waals surface area (Å²) in [4.78, 5) is 60.5. The first-order valence-corrected chi connectivity index (χ1v) is 16.2. The number of unbranched alkanes of at least 4 members (excludes halogenated alkanes) is 1. The van der Waals surface area contributed by atoms with Crippen molar-refractivity contribution in [2.24, 2.45) is 0 Å². The highest BCUT2D eigenvalue weighted by Gasteiger charge is 2.26. The highest BCUT2D eigenvalue weighted by atomic mass is 19.2. The fraction of sp³-hybridized carbons (Fsp3) is 0.656. The van der Waals surface area contributed by atoms with Gasteiger partial charge in [-0.2, -0.15) is 4.39 Å². The molecule has 0 saturated heterocycles. The van der Waals surface area contributed by atoms with Crippen molar-refractivity contribution in [2.75, 3.05) is 59.4 Å². The third kappa shape index (κ3) is 16.7. The summed E-state index contributed by atoms with van der Waals surface area (Å²) in [6.45, 7) is 8.73. The summed E-state index contributed by atoms with van der Waals surface area (Å²) >= 11 is 0. The van der Waals surface area contributed by atoms with Gasteiger partial charge in [-0.15, -0.1) is 0 Å². The predicted molar refractivity (Wildman–Crippen MR) is 170 cm³/mol. The second-order valence-corrected chi connectivity index (χ2v) is 11.0. The molecule has 0 fully saturated rings. The molecule has 0 radical (unpaired) electrons. The molecule has 0 spiro atoms. The number of hydrogen-bond acceptors (Lipinski definition) is 10. The maximum absolute atomic E-state index is 13.9. The number of rotatable bonds is 25. The molecular formula is C32H48F4N4O10. The highest BCUT2D eigenvalue weighted by Crippen LogP contribution is 2.29. The number of hydrogen-bond donors (Lipinski definition) is 4. The monoisotopic (exact) mass is 724 g/mol. The molecule has 1 rings (SSSR count). The van der Waals surface area contributed by atoms with Crippen molar-refractivity contribution < 1.29 is 65.2 Å². The van der Waals surface area contributed by atoms with Crippen LogP contribution >= 0.6 is 0 Å². The van der Waals surface area contributed by atoms with E-state index in [2.05, 4.69) is 26.0 Å². The quantitative estimate of drug-likeness (QED) is 0.0290. The average molecular weight is 725 g/mol.